The molecule has 18 heteroatoms. The highest BCUT2D eigenvalue weighted by Crippen LogP contribution is 2.40. The number of thiazole rings is 1. The predicted molar refractivity (Wildman–Crippen MR) is 155 cm³/mol. The van der Waals surface area contributed by atoms with Gasteiger partial charge in [-0.1, -0.05) is 11.2 Å². The number of carboxylic acid groups (broad SMARTS) is 2. The molecule has 1 aromatic carbocycles. The Labute approximate surface area is 256 Å². The number of fused-ring (bicyclic) bond motifs is 1. The van der Waals surface area contributed by atoms with Gasteiger partial charge in [-0.15, -0.1) is 23.1 Å². The van der Waals surface area contributed by atoms with Gasteiger partial charge >= 0.3 is 17.9 Å². The van der Waals surface area contributed by atoms with E-state index in [9.17, 15) is 44.4 Å². The van der Waals surface area contributed by atoms with Crippen LogP contribution in [0.4, 0.5) is 5.13 Å². The highest BCUT2D eigenvalue weighted by molar-refractivity contribution is 8.00. The third-order valence-corrected chi connectivity index (χ3v) is 8.16. The first-order valence-corrected chi connectivity index (χ1v) is 14.4. The van der Waals surface area contributed by atoms with Crippen molar-refractivity contribution in [1.29, 1.82) is 0 Å². The second kappa shape index (κ2) is 12.6. The first-order chi connectivity index (χ1) is 20.7. The van der Waals surface area contributed by atoms with E-state index in [1.54, 1.807) is 0 Å². The fourth-order valence-corrected chi connectivity index (χ4v) is 5.69. The van der Waals surface area contributed by atoms with Crippen molar-refractivity contribution < 1.29 is 54.0 Å². The number of nitrogens with one attached hydrogen (secondary N) is 1. The molecule has 0 saturated carbocycles. The average Bonchev–Trinajstić information content (AvgIpc) is 3.40. The molecule has 1 aromatic heterocycles. The zero-order chi connectivity index (χ0) is 32.3. The van der Waals surface area contributed by atoms with Crippen molar-refractivity contribution >= 4 is 63.7 Å². The van der Waals surface area contributed by atoms with E-state index in [-0.39, 0.29) is 40.0 Å². The van der Waals surface area contributed by atoms with Gasteiger partial charge in [0, 0.05) is 11.1 Å². The molecule has 0 spiro atoms. The summed E-state index contributed by atoms with van der Waals surface area (Å²) >= 11 is 2.16. The predicted octanol–water partition coefficient (Wildman–Crippen LogP) is 0.872. The van der Waals surface area contributed by atoms with Gasteiger partial charge in [-0.05, 0) is 43.7 Å². The molecule has 2 aliphatic rings. The normalized spacial score (nSPS) is 18.5. The third-order valence-electron chi connectivity index (χ3n) is 6.19. The lowest BCUT2D eigenvalue weighted by molar-refractivity contribution is -0.161. The number of nitrogens with zero attached hydrogens (tertiary/aromatic N) is 3. The van der Waals surface area contributed by atoms with E-state index >= 15 is 0 Å². The fourth-order valence-electron chi connectivity index (χ4n) is 3.83. The van der Waals surface area contributed by atoms with Crippen LogP contribution < -0.4 is 11.1 Å². The van der Waals surface area contributed by atoms with Crippen LogP contribution in [0.1, 0.15) is 29.9 Å². The molecule has 7 N–H and O–H groups in total. The first kappa shape index (κ1) is 31.8. The number of phenolic OH excluding ortho intramolecular Hbond substituents is 2. The maximum absolute atomic E-state index is 13.2. The van der Waals surface area contributed by atoms with Gasteiger partial charge in [-0.3, -0.25) is 14.5 Å². The Kier molecular flexibility index (Phi) is 9.14. The van der Waals surface area contributed by atoms with E-state index in [4.69, 9.17) is 15.3 Å². The van der Waals surface area contributed by atoms with Crippen molar-refractivity contribution in [2.45, 2.75) is 30.9 Å². The van der Waals surface area contributed by atoms with E-state index in [0.29, 0.717) is 0 Å². The lowest BCUT2D eigenvalue weighted by atomic mass is 10.0. The number of anilines is 1. The second-order valence-corrected chi connectivity index (χ2v) is 11.7. The van der Waals surface area contributed by atoms with Crippen LogP contribution in [0.25, 0.3) is 0 Å². The van der Waals surface area contributed by atoms with Gasteiger partial charge in [-0.2, -0.15) is 0 Å². The molecule has 1 fully saturated rings. The molecule has 1 saturated heterocycles. The Bertz CT molecular complexity index is 1630. The number of amides is 2. The maximum atomic E-state index is 13.2. The summed E-state index contributed by atoms with van der Waals surface area (Å²) in [6.45, 7) is 2.17. The summed E-state index contributed by atoms with van der Waals surface area (Å²) in [6.07, 6.45) is 2.77. The Morgan fingerprint density at radius 2 is 1.95 bits per heavy atom. The molecule has 0 radical (unpaired) electrons. The van der Waals surface area contributed by atoms with E-state index in [1.807, 2.05) is 0 Å². The van der Waals surface area contributed by atoms with Crippen molar-refractivity contribution in [2.75, 3.05) is 18.1 Å². The van der Waals surface area contributed by atoms with Crippen LogP contribution in [-0.4, -0.2) is 95.1 Å². The minimum absolute atomic E-state index is 0.0157. The van der Waals surface area contributed by atoms with Crippen LogP contribution in [-0.2, 0) is 28.8 Å². The Hall–Kier alpha value is -5.10. The zero-order valence-electron chi connectivity index (χ0n) is 22.9. The van der Waals surface area contributed by atoms with Crippen LogP contribution in [0.2, 0.25) is 0 Å². The van der Waals surface area contributed by atoms with E-state index in [2.05, 4.69) is 15.5 Å². The molecular weight excluding hydrogens is 622 g/mol. The second-order valence-electron chi connectivity index (χ2n) is 9.66. The Morgan fingerprint density at radius 3 is 2.57 bits per heavy atom. The number of phenols is 2. The van der Waals surface area contributed by atoms with Crippen LogP contribution in [0.15, 0.2) is 52.2 Å². The molecular formula is C26H25N5O11S2. The number of benzene rings is 1. The monoisotopic (exact) mass is 647 g/mol. The number of carbonyl (C=O) groups is 5. The topological polar surface area (TPSA) is 251 Å². The summed E-state index contributed by atoms with van der Waals surface area (Å²) in [5.74, 6) is -5.97. The fraction of sp³-hybridized carbons (Fsp3) is 0.269. The highest BCUT2D eigenvalue weighted by atomic mass is 32.2. The number of nitrogens with two attached hydrogens (primary N) is 1. The molecule has 4 rings (SSSR count). The minimum atomic E-state index is -1.80. The van der Waals surface area contributed by atoms with Crippen LogP contribution in [0.3, 0.4) is 0 Å². The van der Waals surface area contributed by atoms with Crippen molar-refractivity contribution in [3.05, 3.63) is 58.3 Å². The van der Waals surface area contributed by atoms with Gasteiger partial charge in [0.25, 0.3) is 11.8 Å². The third kappa shape index (κ3) is 6.60. The summed E-state index contributed by atoms with van der Waals surface area (Å²) in [7, 11) is 0. The smallest absolute Gasteiger partial charge is 0.352 e. The summed E-state index contributed by atoms with van der Waals surface area (Å²) in [6, 6.07) is 2.25. The number of aromatic hydroxyl groups is 2. The van der Waals surface area contributed by atoms with Gasteiger partial charge in [0.2, 0.25) is 5.60 Å². The molecule has 2 aliphatic heterocycles. The molecule has 44 heavy (non-hydrogen) atoms. The van der Waals surface area contributed by atoms with Crippen molar-refractivity contribution in [3.8, 4) is 11.5 Å². The summed E-state index contributed by atoms with van der Waals surface area (Å²) in [4.78, 5) is 72.0. The van der Waals surface area contributed by atoms with E-state index < -0.39 is 63.9 Å². The number of ether oxygens (including phenoxy) is 1. The number of nitrogen functional groups attached to an aromatic ring is 1. The van der Waals surface area contributed by atoms with Crippen LogP contribution in [0, 0.1) is 0 Å². The molecule has 1 unspecified atom stereocenters. The number of β-lactam (4-membered cyclic amide) rings is 1. The number of allylic oxidation sites excluding steroid dienone is 1. The summed E-state index contributed by atoms with van der Waals surface area (Å²) in [5, 5.41) is 44.9. The van der Waals surface area contributed by atoms with Crippen LogP contribution in [0.5, 0.6) is 11.5 Å². The largest absolute Gasteiger partial charge is 0.504 e. The number of hydrogen-bond acceptors (Lipinski definition) is 14. The minimum Gasteiger partial charge on any atom is -0.504 e. The van der Waals surface area contributed by atoms with Gasteiger partial charge in [0.1, 0.15) is 29.4 Å². The van der Waals surface area contributed by atoms with Gasteiger partial charge in [-0.25, -0.2) is 19.4 Å². The van der Waals surface area contributed by atoms with Crippen molar-refractivity contribution in [2.24, 2.45) is 5.16 Å². The number of carbonyl (C=O) groups excluding carboxylic acids is 3. The molecule has 232 valence electrons. The van der Waals surface area contributed by atoms with Crippen molar-refractivity contribution in [1.82, 2.24) is 15.2 Å². The van der Waals surface area contributed by atoms with E-state index in [0.717, 1.165) is 28.4 Å². The number of aliphatic carboxylic acids is 2. The van der Waals surface area contributed by atoms with Crippen LogP contribution >= 0.6 is 23.1 Å². The standard InChI is InChI=1S/C26H25N5O11S2/c1-26(2,24(39)40)42-30-16(13-10-44-25(27)28-13)19(34)29-17-20(35)31-18(22(36)37)12(9-43-21(17)31)4-3-7-41-23(38)11-5-6-14(32)15(33)8-11/h3-6,8,10,17,21,32-33H,7,9H2,1-2H3,(H2,27,28)(H,29,34)(H,36,37)(H,39,40)/b4-3+,30-16-/t17?,21-/m1/s1. The number of thioether (sulfide) groups is 1. The highest BCUT2D eigenvalue weighted by Gasteiger charge is 2.54. The van der Waals surface area contributed by atoms with E-state index in [1.165, 1.54) is 49.2 Å². The van der Waals surface area contributed by atoms with Crippen molar-refractivity contribution in [3.63, 3.8) is 0 Å². The molecule has 3 heterocycles. The molecule has 2 amide bonds. The number of carboxylic acids is 2. The lowest BCUT2D eigenvalue weighted by Crippen LogP contribution is -2.71. The summed E-state index contributed by atoms with van der Waals surface area (Å²) in [5.41, 5.74) is 3.32. The number of oxime groups is 1. The Morgan fingerprint density at radius 1 is 1.23 bits per heavy atom. The number of aromatic nitrogens is 1. The number of esters is 1. The molecule has 0 aliphatic carbocycles. The number of rotatable bonds is 11. The molecule has 0 bridgehead atoms. The van der Waals surface area contributed by atoms with Gasteiger partial charge in [0.05, 0.1) is 5.56 Å². The quantitative estimate of drug-likeness (QED) is 0.0651. The summed E-state index contributed by atoms with van der Waals surface area (Å²) < 4.78 is 5.08. The first-order valence-electron chi connectivity index (χ1n) is 12.5. The number of hydrogen-bond donors (Lipinski definition) is 6. The Balaban J connectivity index is 1.46. The molecule has 2 atom stereocenters. The molecule has 2 aromatic rings. The van der Waals surface area contributed by atoms with Gasteiger partial charge < -0.3 is 41.1 Å². The maximum Gasteiger partial charge on any atom is 0.352 e. The zero-order valence-corrected chi connectivity index (χ0v) is 24.5. The average molecular weight is 648 g/mol. The molecule has 16 nitrogen and oxygen atoms in total. The SMILES string of the molecule is CC(C)(O/N=C(\C(=O)NC1C(=O)N2C(C(=O)O)=C(/C=C/COC(=O)c3ccc(O)c(O)c3)CS[C@H]12)c1csc(N)n1)C(=O)O. The van der Waals surface area contributed by atoms with Gasteiger partial charge in [0.15, 0.2) is 22.3 Å². The lowest BCUT2D eigenvalue weighted by Gasteiger charge is -2.49.